The Kier molecular flexibility index (Phi) is 9.23. The molecule has 0 radical (unpaired) electrons. The Morgan fingerprint density at radius 3 is 2.22 bits per heavy atom. The SMILES string of the molecule is CCS(=O)(=O)c1ccc(C(CO)NC(=O)c2ccc(N3C[C@H](Oc4ccc(C(F)(F)F)cc4)C[C@H]3CF)cc2)cc1. The summed E-state index contributed by atoms with van der Waals surface area (Å²) in [5, 5.41) is 12.6. The van der Waals surface area contributed by atoms with Gasteiger partial charge in [0.25, 0.3) is 5.91 Å². The van der Waals surface area contributed by atoms with Crippen molar-refractivity contribution in [3.63, 3.8) is 0 Å². The molecule has 7 nitrogen and oxygen atoms in total. The van der Waals surface area contributed by atoms with Crippen molar-refractivity contribution in [2.24, 2.45) is 0 Å². The molecular weight excluding hydrogens is 564 g/mol. The van der Waals surface area contributed by atoms with Crippen LogP contribution in [0.4, 0.5) is 23.2 Å². The Morgan fingerprint density at radius 2 is 1.68 bits per heavy atom. The summed E-state index contributed by atoms with van der Waals surface area (Å²) in [7, 11) is -3.38. The minimum Gasteiger partial charge on any atom is -0.489 e. The first kappa shape index (κ1) is 30.3. The second-order valence-electron chi connectivity index (χ2n) is 9.69. The van der Waals surface area contributed by atoms with Crippen LogP contribution in [-0.2, 0) is 16.0 Å². The number of carbonyl (C=O) groups is 1. The minimum absolute atomic E-state index is 0.0428. The molecule has 12 heteroatoms. The molecule has 0 aromatic heterocycles. The minimum atomic E-state index is -4.45. The van der Waals surface area contributed by atoms with Crippen LogP contribution in [0.15, 0.2) is 77.7 Å². The molecule has 3 aromatic rings. The van der Waals surface area contributed by atoms with Crippen LogP contribution in [0.25, 0.3) is 0 Å². The largest absolute Gasteiger partial charge is 0.489 e. The fourth-order valence-corrected chi connectivity index (χ4v) is 5.58. The predicted octanol–water partition coefficient (Wildman–Crippen LogP) is 4.96. The van der Waals surface area contributed by atoms with E-state index in [1.165, 1.54) is 24.3 Å². The number of carbonyl (C=O) groups excluding carboxylic acids is 1. The van der Waals surface area contributed by atoms with Gasteiger partial charge in [0, 0.05) is 17.7 Å². The van der Waals surface area contributed by atoms with E-state index in [2.05, 4.69) is 5.32 Å². The van der Waals surface area contributed by atoms with Crippen LogP contribution in [0, 0.1) is 0 Å². The molecule has 1 heterocycles. The zero-order valence-electron chi connectivity index (χ0n) is 22.1. The molecule has 3 aromatic carbocycles. The number of sulfone groups is 1. The van der Waals surface area contributed by atoms with E-state index in [-0.39, 0.29) is 16.4 Å². The summed E-state index contributed by atoms with van der Waals surface area (Å²) in [6.07, 6.45) is -4.56. The van der Waals surface area contributed by atoms with Crippen LogP contribution < -0.4 is 15.0 Å². The van der Waals surface area contributed by atoms with Crippen molar-refractivity contribution in [1.29, 1.82) is 0 Å². The average Bonchev–Trinajstić information content (AvgIpc) is 3.38. The molecule has 0 bridgehead atoms. The quantitative estimate of drug-likeness (QED) is 0.323. The third-order valence-electron chi connectivity index (χ3n) is 7.01. The molecule has 3 atom stereocenters. The number of aliphatic hydroxyl groups is 1. The number of anilines is 1. The van der Waals surface area contributed by atoms with Crippen LogP contribution in [0.1, 0.15) is 40.9 Å². The van der Waals surface area contributed by atoms with Crippen molar-refractivity contribution in [2.45, 2.75) is 42.6 Å². The number of alkyl halides is 4. The summed E-state index contributed by atoms with van der Waals surface area (Å²) >= 11 is 0. The van der Waals surface area contributed by atoms with E-state index in [1.807, 2.05) is 0 Å². The summed E-state index contributed by atoms with van der Waals surface area (Å²) < 4.78 is 82.2. The topological polar surface area (TPSA) is 95.9 Å². The summed E-state index contributed by atoms with van der Waals surface area (Å²) in [6, 6.07) is 15.5. The molecule has 0 aliphatic carbocycles. The molecule has 4 rings (SSSR count). The van der Waals surface area contributed by atoms with Gasteiger partial charge in [-0.25, -0.2) is 12.8 Å². The van der Waals surface area contributed by atoms with Gasteiger partial charge in [0.15, 0.2) is 9.84 Å². The molecule has 1 aliphatic heterocycles. The van der Waals surface area contributed by atoms with E-state index < -0.39 is 59.0 Å². The van der Waals surface area contributed by atoms with Crippen LogP contribution in [0.5, 0.6) is 5.75 Å². The van der Waals surface area contributed by atoms with E-state index in [9.17, 15) is 35.9 Å². The van der Waals surface area contributed by atoms with Gasteiger partial charge in [-0.2, -0.15) is 13.2 Å². The van der Waals surface area contributed by atoms with Gasteiger partial charge in [-0.15, -0.1) is 0 Å². The molecule has 41 heavy (non-hydrogen) atoms. The summed E-state index contributed by atoms with van der Waals surface area (Å²) in [6.45, 7) is 0.779. The van der Waals surface area contributed by atoms with Crippen LogP contribution in [0.2, 0.25) is 0 Å². The number of halogens is 4. The number of benzene rings is 3. The Hall–Kier alpha value is -3.64. The number of hydrogen-bond acceptors (Lipinski definition) is 6. The summed E-state index contributed by atoms with van der Waals surface area (Å²) in [5.41, 5.74) is 0.698. The van der Waals surface area contributed by atoms with Crippen molar-refractivity contribution >= 4 is 21.4 Å². The zero-order valence-corrected chi connectivity index (χ0v) is 23.0. The fourth-order valence-electron chi connectivity index (χ4n) is 4.69. The molecule has 1 fully saturated rings. The zero-order chi connectivity index (χ0) is 29.8. The second-order valence-corrected chi connectivity index (χ2v) is 12.0. The molecule has 0 saturated carbocycles. The molecule has 1 aliphatic rings. The Balaban J connectivity index is 1.39. The first-order valence-corrected chi connectivity index (χ1v) is 14.6. The monoisotopic (exact) mass is 594 g/mol. The molecular formula is C29H30F4N2O5S. The van der Waals surface area contributed by atoms with Gasteiger partial charge in [0.1, 0.15) is 18.5 Å². The van der Waals surface area contributed by atoms with Crippen LogP contribution in [-0.4, -0.2) is 57.2 Å². The normalized spacial score (nSPS) is 18.2. The number of aliphatic hydroxyl groups excluding tert-OH is 1. The molecule has 1 saturated heterocycles. The van der Waals surface area contributed by atoms with Gasteiger partial charge in [0.2, 0.25) is 0 Å². The van der Waals surface area contributed by atoms with E-state index in [0.717, 1.165) is 12.1 Å². The number of nitrogens with one attached hydrogen (secondary N) is 1. The van der Waals surface area contributed by atoms with Gasteiger partial charge in [-0.3, -0.25) is 4.79 Å². The van der Waals surface area contributed by atoms with Crippen molar-refractivity contribution in [3.05, 3.63) is 89.5 Å². The number of rotatable bonds is 10. The van der Waals surface area contributed by atoms with Crippen molar-refractivity contribution in [1.82, 2.24) is 5.32 Å². The highest BCUT2D eigenvalue weighted by Crippen LogP contribution is 2.32. The Bertz CT molecular complexity index is 1430. The van der Waals surface area contributed by atoms with Gasteiger partial charge < -0.3 is 20.1 Å². The summed E-state index contributed by atoms with van der Waals surface area (Å²) in [4.78, 5) is 14.8. The van der Waals surface area contributed by atoms with Gasteiger partial charge >= 0.3 is 6.18 Å². The number of hydrogen-bond donors (Lipinski definition) is 2. The van der Waals surface area contributed by atoms with E-state index in [0.29, 0.717) is 29.8 Å². The molecule has 2 N–H and O–H groups in total. The Morgan fingerprint density at radius 1 is 1.05 bits per heavy atom. The van der Waals surface area contributed by atoms with Crippen molar-refractivity contribution in [2.75, 3.05) is 30.5 Å². The van der Waals surface area contributed by atoms with E-state index in [1.54, 1.807) is 48.2 Å². The number of nitrogens with zero attached hydrogens (tertiary/aromatic N) is 1. The molecule has 1 amide bonds. The first-order valence-electron chi connectivity index (χ1n) is 13.0. The Labute approximate surface area is 235 Å². The standard InChI is InChI=1S/C29H30F4N2O5S/c1-2-41(38,39)26-13-5-19(6-14-26)27(18-36)34-28(37)20-3-9-22(10-4-20)35-17-25(15-23(35)16-30)40-24-11-7-21(8-12-24)29(31,32)33/h3-14,23,25,27,36H,2,15-18H2,1H3,(H,34,37)/t23-,25+,27?/m0/s1. The maximum absolute atomic E-state index is 13.8. The maximum atomic E-state index is 13.8. The lowest BCUT2D eigenvalue weighted by molar-refractivity contribution is -0.137. The molecule has 0 spiro atoms. The first-order chi connectivity index (χ1) is 19.4. The fraction of sp³-hybridized carbons (Fsp3) is 0.345. The van der Waals surface area contributed by atoms with Crippen molar-refractivity contribution in [3.8, 4) is 5.75 Å². The highest BCUT2D eigenvalue weighted by atomic mass is 32.2. The maximum Gasteiger partial charge on any atom is 0.416 e. The van der Waals surface area contributed by atoms with Crippen molar-refractivity contribution < 1.29 is 40.6 Å². The predicted molar refractivity (Wildman–Crippen MR) is 145 cm³/mol. The van der Waals surface area contributed by atoms with Crippen LogP contribution in [0.3, 0.4) is 0 Å². The third-order valence-corrected chi connectivity index (χ3v) is 8.76. The van der Waals surface area contributed by atoms with Crippen LogP contribution >= 0.6 is 0 Å². The molecule has 1 unspecified atom stereocenters. The molecule has 220 valence electrons. The number of amides is 1. The lowest BCUT2D eigenvalue weighted by atomic mass is 10.1. The highest BCUT2D eigenvalue weighted by Gasteiger charge is 2.34. The average molecular weight is 595 g/mol. The van der Waals surface area contributed by atoms with Gasteiger partial charge in [-0.05, 0) is 66.2 Å². The number of ether oxygens (including phenoxy) is 1. The smallest absolute Gasteiger partial charge is 0.416 e. The lowest BCUT2D eigenvalue weighted by Gasteiger charge is -2.24. The van der Waals surface area contributed by atoms with E-state index >= 15 is 0 Å². The van der Waals surface area contributed by atoms with E-state index in [4.69, 9.17) is 4.74 Å². The lowest BCUT2D eigenvalue weighted by Crippen LogP contribution is -2.32. The van der Waals surface area contributed by atoms with Gasteiger partial charge in [-0.1, -0.05) is 19.1 Å². The summed E-state index contributed by atoms with van der Waals surface area (Å²) in [5.74, 6) is -0.249. The third kappa shape index (κ3) is 7.17. The second kappa shape index (κ2) is 12.5. The highest BCUT2D eigenvalue weighted by molar-refractivity contribution is 7.91. The van der Waals surface area contributed by atoms with Gasteiger partial charge in [0.05, 0.1) is 41.4 Å².